The SMILES string of the molecule is Cc1cc(NC(=O)C[NH+](C)Cc2ccccc2Cl)c([N+](=O)[O-])cc1C. The minimum Gasteiger partial charge on any atom is -0.326 e. The second-order valence-electron chi connectivity index (χ2n) is 6.16. The number of likely N-dealkylation sites (N-methyl/N-ethyl adjacent to an activating group) is 1. The van der Waals surface area contributed by atoms with Crippen LogP contribution in [0.15, 0.2) is 36.4 Å². The third kappa shape index (κ3) is 5.01. The highest BCUT2D eigenvalue weighted by atomic mass is 35.5. The lowest BCUT2D eigenvalue weighted by atomic mass is 10.1. The van der Waals surface area contributed by atoms with Crippen molar-refractivity contribution in [1.82, 2.24) is 0 Å². The van der Waals surface area contributed by atoms with Crippen molar-refractivity contribution >= 4 is 28.9 Å². The van der Waals surface area contributed by atoms with E-state index in [9.17, 15) is 14.9 Å². The van der Waals surface area contributed by atoms with Gasteiger partial charge in [0.25, 0.3) is 11.6 Å². The van der Waals surface area contributed by atoms with Gasteiger partial charge in [0.2, 0.25) is 0 Å². The summed E-state index contributed by atoms with van der Waals surface area (Å²) in [4.78, 5) is 23.9. The average Bonchev–Trinajstić information content (AvgIpc) is 2.52. The monoisotopic (exact) mass is 362 g/mol. The van der Waals surface area contributed by atoms with E-state index < -0.39 is 4.92 Å². The van der Waals surface area contributed by atoms with Crippen LogP contribution in [0.4, 0.5) is 11.4 Å². The van der Waals surface area contributed by atoms with E-state index in [1.807, 2.05) is 38.2 Å². The van der Waals surface area contributed by atoms with Crippen molar-refractivity contribution in [2.24, 2.45) is 0 Å². The van der Waals surface area contributed by atoms with Crippen LogP contribution in [0.5, 0.6) is 0 Å². The number of hydrogen-bond acceptors (Lipinski definition) is 3. The van der Waals surface area contributed by atoms with E-state index in [1.54, 1.807) is 13.0 Å². The number of aryl methyl sites for hydroxylation is 2. The van der Waals surface area contributed by atoms with Gasteiger partial charge in [-0.1, -0.05) is 29.8 Å². The molecule has 1 atom stereocenters. The van der Waals surface area contributed by atoms with Crippen LogP contribution in [0.3, 0.4) is 0 Å². The van der Waals surface area contributed by atoms with Gasteiger partial charge in [0.15, 0.2) is 6.54 Å². The molecule has 1 amide bonds. The zero-order chi connectivity index (χ0) is 18.6. The maximum atomic E-state index is 12.3. The van der Waals surface area contributed by atoms with Gasteiger partial charge in [0.1, 0.15) is 12.2 Å². The van der Waals surface area contributed by atoms with Crippen LogP contribution in [0.25, 0.3) is 0 Å². The number of benzene rings is 2. The Labute approximate surface area is 151 Å². The first kappa shape index (κ1) is 18.9. The van der Waals surface area contributed by atoms with E-state index in [2.05, 4.69) is 5.32 Å². The third-order valence-corrected chi connectivity index (χ3v) is 4.36. The van der Waals surface area contributed by atoms with Crippen molar-refractivity contribution in [2.45, 2.75) is 20.4 Å². The highest BCUT2D eigenvalue weighted by Crippen LogP contribution is 2.27. The summed E-state index contributed by atoms with van der Waals surface area (Å²) < 4.78 is 0. The number of nitrogens with zero attached hydrogens (tertiary/aromatic N) is 1. The number of carbonyl (C=O) groups excluding carboxylic acids is 1. The van der Waals surface area contributed by atoms with Crippen molar-refractivity contribution in [3.05, 3.63) is 68.2 Å². The van der Waals surface area contributed by atoms with E-state index in [0.717, 1.165) is 21.6 Å². The molecule has 0 saturated carbocycles. The van der Waals surface area contributed by atoms with E-state index in [0.29, 0.717) is 11.6 Å². The summed E-state index contributed by atoms with van der Waals surface area (Å²) in [6, 6.07) is 10.6. The third-order valence-electron chi connectivity index (χ3n) is 4.00. The van der Waals surface area contributed by atoms with Crippen LogP contribution in [0, 0.1) is 24.0 Å². The molecule has 6 nitrogen and oxygen atoms in total. The lowest BCUT2D eigenvalue weighted by Crippen LogP contribution is -3.08. The number of nitro groups is 1. The number of nitro benzene ring substituents is 1. The Morgan fingerprint density at radius 3 is 2.52 bits per heavy atom. The normalized spacial score (nSPS) is 11.8. The molecule has 132 valence electrons. The number of carbonyl (C=O) groups is 1. The van der Waals surface area contributed by atoms with Crippen molar-refractivity contribution in [3.8, 4) is 0 Å². The molecular weight excluding hydrogens is 342 g/mol. The fraction of sp³-hybridized carbons (Fsp3) is 0.278. The summed E-state index contributed by atoms with van der Waals surface area (Å²) in [7, 11) is 1.87. The number of hydrogen-bond donors (Lipinski definition) is 2. The molecule has 2 aromatic carbocycles. The maximum absolute atomic E-state index is 12.3. The highest BCUT2D eigenvalue weighted by Gasteiger charge is 2.19. The van der Waals surface area contributed by atoms with Crippen molar-refractivity contribution in [3.63, 3.8) is 0 Å². The molecule has 2 aromatic rings. The molecule has 0 aromatic heterocycles. The molecule has 0 heterocycles. The van der Waals surface area contributed by atoms with Gasteiger partial charge in [-0.25, -0.2) is 0 Å². The van der Waals surface area contributed by atoms with Crippen LogP contribution in [0.1, 0.15) is 16.7 Å². The van der Waals surface area contributed by atoms with Crippen LogP contribution in [0.2, 0.25) is 5.02 Å². The number of amides is 1. The summed E-state index contributed by atoms with van der Waals surface area (Å²) in [5.41, 5.74) is 2.78. The number of nitrogens with one attached hydrogen (secondary N) is 2. The van der Waals surface area contributed by atoms with Crippen LogP contribution in [-0.2, 0) is 11.3 Å². The Bertz CT molecular complexity index is 808. The largest absolute Gasteiger partial charge is 0.326 e. The van der Waals surface area contributed by atoms with Gasteiger partial charge in [-0.05, 0) is 37.1 Å². The molecule has 0 spiro atoms. The van der Waals surface area contributed by atoms with Crippen LogP contribution in [-0.4, -0.2) is 24.4 Å². The smallest absolute Gasteiger partial charge is 0.293 e. The van der Waals surface area contributed by atoms with Crippen molar-refractivity contribution in [1.29, 1.82) is 0 Å². The predicted molar refractivity (Wildman–Crippen MR) is 98.1 cm³/mol. The molecule has 0 aliphatic rings. The molecule has 0 radical (unpaired) electrons. The molecule has 0 saturated heterocycles. The van der Waals surface area contributed by atoms with Gasteiger partial charge in [-0.2, -0.15) is 0 Å². The van der Waals surface area contributed by atoms with E-state index in [4.69, 9.17) is 11.6 Å². The molecule has 2 rings (SSSR count). The minimum absolute atomic E-state index is 0.0970. The quantitative estimate of drug-likeness (QED) is 0.612. The summed E-state index contributed by atoms with van der Waals surface area (Å²) in [5.74, 6) is -0.282. The highest BCUT2D eigenvalue weighted by molar-refractivity contribution is 6.31. The van der Waals surface area contributed by atoms with E-state index >= 15 is 0 Å². The average molecular weight is 363 g/mol. The summed E-state index contributed by atoms with van der Waals surface area (Å²) in [5, 5.41) is 14.5. The van der Waals surface area contributed by atoms with E-state index in [1.165, 1.54) is 6.07 Å². The molecule has 0 fully saturated rings. The second-order valence-corrected chi connectivity index (χ2v) is 6.57. The number of quaternary nitrogens is 1. The molecule has 0 aliphatic heterocycles. The maximum Gasteiger partial charge on any atom is 0.293 e. The Hall–Kier alpha value is -2.44. The molecule has 7 heteroatoms. The van der Waals surface area contributed by atoms with Crippen molar-refractivity contribution < 1.29 is 14.6 Å². The van der Waals surface area contributed by atoms with Gasteiger partial charge < -0.3 is 10.2 Å². The molecule has 1 unspecified atom stereocenters. The molecule has 25 heavy (non-hydrogen) atoms. The fourth-order valence-corrected chi connectivity index (χ4v) is 2.75. The van der Waals surface area contributed by atoms with Gasteiger partial charge >= 0.3 is 0 Å². The van der Waals surface area contributed by atoms with Crippen molar-refractivity contribution in [2.75, 3.05) is 18.9 Å². The lowest BCUT2D eigenvalue weighted by Gasteiger charge is -2.15. The minimum atomic E-state index is -0.484. The summed E-state index contributed by atoms with van der Waals surface area (Å²) >= 11 is 6.13. The number of anilines is 1. The lowest BCUT2D eigenvalue weighted by molar-refractivity contribution is -0.885. The second kappa shape index (κ2) is 8.09. The standard InChI is InChI=1S/C18H20ClN3O3/c1-12-8-16(17(22(24)25)9-13(12)2)20-18(23)11-21(3)10-14-6-4-5-7-15(14)19/h4-9H,10-11H2,1-3H3,(H,20,23)/p+1. The zero-order valence-corrected chi connectivity index (χ0v) is 15.2. The van der Waals surface area contributed by atoms with Gasteiger partial charge in [0, 0.05) is 16.7 Å². The zero-order valence-electron chi connectivity index (χ0n) is 14.4. The molecule has 2 N–H and O–H groups in total. The van der Waals surface area contributed by atoms with Gasteiger partial charge in [-0.15, -0.1) is 0 Å². The summed E-state index contributed by atoms with van der Waals surface area (Å²) in [6.07, 6.45) is 0. The van der Waals surface area contributed by atoms with Gasteiger partial charge in [0.05, 0.1) is 12.0 Å². The van der Waals surface area contributed by atoms with Gasteiger partial charge in [-0.3, -0.25) is 14.9 Å². The first-order chi connectivity index (χ1) is 11.8. The van der Waals surface area contributed by atoms with Crippen LogP contribution < -0.4 is 10.2 Å². The fourth-order valence-electron chi connectivity index (χ4n) is 2.55. The van der Waals surface area contributed by atoms with E-state index in [-0.39, 0.29) is 23.8 Å². The molecular formula is C18H21ClN3O3+. The Morgan fingerprint density at radius 1 is 1.24 bits per heavy atom. The first-order valence-corrected chi connectivity index (χ1v) is 8.26. The Kier molecular flexibility index (Phi) is 6.12. The molecule has 0 aliphatic carbocycles. The molecule has 0 bridgehead atoms. The Morgan fingerprint density at radius 2 is 1.88 bits per heavy atom. The summed E-state index contributed by atoms with van der Waals surface area (Å²) in [6.45, 7) is 4.41. The van der Waals surface area contributed by atoms with Crippen LogP contribution >= 0.6 is 11.6 Å². The number of halogens is 1. The predicted octanol–water partition coefficient (Wildman–Crippen LogP) is 2.52. The number of rotatable bonds is 6. The first-order valence-electron chi connectivity index (χ1n) is 7.88. The Balaban J connectivity index is 2.06. The topological polar surface area (TPSA) is 76.7 Å².